The molecule has 1 fully saturated rings. The van der Waals surface area contributed by atoms with E-state index in [1.807, 2.05) is 18.7 Å². The van der Waals surface area contributed by atoms with Crippen molar-refractivity contribution >= 4 is 17.7 Å². The number of carbonyl (C=O) groups is 1. The standard InChI is InChI=1S/C12H24N2O2S/c1-9(5-10(2)15)7-14-12(16)6-11-8-17-4-3-13-11/h9-11,13,15H,3-8H2,1-2H3,(H,14,16). The van der Waals surface area contributed by atoms with E-state index >= 15 is 0 Å². The highest BCUT2D eigenvalue weighted by molar-refractivity contribution is 7.99. The lowest BCUT2D eigenvalue weighted by Crippen LogP contribution is -2.42. The van der Waals surface area contributed by atoms with Crippen molar-refractivity contribution < 1.29 is 9.90 Å². The van der Waals surface area contributed by atoms with E-state index in [9.17, 15) is 9.90 Å². The van der Waals surface area contributed by atoms with Crippen LogP contribution in [0, 0.1) is 5.92 Å². The summed E-state index contributed by atoms with van der Waals surface area (Å²) in [6, 6.07) is 0.320. The molecule has 1 aliphatic heterocycles. The van der Waals surface area contributed by atoms with Crippen molar-refractivity contribution in [2.75, 3.05) is 24.6 Å². The number of amides is 1. The highest BCUT2D eigenvalue weighted by Gasteiger charge is 2.17. The lowest BCUT2D eigenvalue weighted by molar-refractivity contribution is -0.121. The third-order valence-corrected chi connectivity index (χ3v) is 3.95. The van der Waals surface area contributed by atoms with Crippen LogP contribution in [0.3, 0.4) is 0 Å². The van der Waals surface area contributed by atoms with E-state index in [0.29, 0.717) is 24.9 Å². The molecule has 1 aliphatic rings. The van der Waals surface area contributed by atoms with Gasteiger partial charge in [-0.25, -0.2) is 0 Å². The predicted octanol–water partition coefficient (Wildman–Crippen LogP) is 0.605. The fourth-order valence-corrected chi connectivity index (χ4v) is 2.95. The molecule has 17 heavy (non-hydrogen) atoms. The third kappa shape index (κ3) is 6.91. The average Bonchev–Trinajstić information content (AvgIpc) is 2.27. The largest absolute Gasteiger partial charge is 0.393 e. The van der Waals surface area contributed by atoms with Crippen LogP contribution in [0.5, 0.6) is 0 Å². The maximum atomic E-state index is 11.7. The zero-order chi connectivity index (χ0) is 12.7. The van der Waals surface area contributed by atoms with Gasteiger partial charge in [0.2, 0.25) is 5.91 Å². The molecule has 1 rings (SSSR count). The molecule has 0 aromatic rings. The van der Waals surface area contributed by atoms with Crippen LogP contribution in [0.4, 0.5) is 0 Å². The van der Waals surface area contributed by atoms with Crippen molar-refractivity contribution in [2.45, 2.75) is 38.8 Å². The van der Waals surface area contributed by atoms with E-state index in [0.717, 1.165) is 24.5 Å². The number of rotatable bonds is 6. The van der Waals surface area contributed by atoms with E-state index in [4.69, 9.17) is 0 Å². The van der Waals surface area contributed by atoms with Crippen molar-refractivity contribution in [3.05, 3.63) is 0 Å². The van der Waals surface area contributed by atoms with Crippen LogP contribution < -0.4 is 10.6 Å². The predicted molar refractivity (Wildman–Crippen MR) is 72.2 cm³/mol. The maximum absolute atomic E-state index is 11.7. The Morgan fingerprint density at radius 2 is 2.35 bits per heavy atom. The molecule has 100 valence electrons. The van der Waals surface area contributed by atoms with E-state index in [1.54, 1.807) is 6.92 Å². The molecule has 5 heteroatoms. The summed E-state index contributed by atoms with van der Waals surface area (Å²) in [5.74, 6) is 2.61. The summed E-state index contributed by atoms with van der Waals surface area (Å²) in [6.45, 7) is 5.48. The van der Waals surface area contributed by atoms with Crippen LogP contribution >= 0.6 is 11.8 Å². The summed E-state index contributed by atoms with van der Waals surface area (Å²) in [5.41, 5.74) is 0. The molecule has 4 nitrogen and oxygen atoms in total. The Balaban J connectivity index is 2.11. The summed E-state index contributed by atoms with van der Waals surface area (Å²) < 4.78 is 0. The molecule has 0 aromatic heterocycles. The Kier molecular flexibility index (Phi) is 6.92. The van der Waals surface area contributed by atoms with Crippen molar-refractivity contribution in [3.63, 3.8) is 0 Å². The first kappa shape index (κ1) is 14.8. The van der Waals surface area contributed by atoms with E-state index in [-0.39, 0.29) is 12.0 Å². The smallest absolute Gasteiger partial charge is 0.221 e. The second-order valence-electron chi connectivity index (χ2n) is 4.92. The Morgan fingerprint density at radius 1 is 1.59 bits per heavy atom. The average molecular weight is 260 g/mol. The molecule has 3 unspecified atom stereocenters. The number of aliphatic hydroxyl groups excluding tert-OH is 1. The van der Waals surface area contributed by atoms with Gasteiger partial charge in [-0.1, -0.05) is 6.92 Å². The van der Waals surface area contributed by atoms with Gasteiger partial charge in [0.05, 0.1) is 6.10 Å². The molecule has 0 spiro atoms. The molecule has 1 saturated heterocycles. The SMILES string of the molecule is CC(O)CC(C)CNC(=O)CC1CSCCN1. The normalized spacial score (nSPS) is 24.1. The lowest BCUT2D eigenvalue weighted by atomic mass is 10.0. The molecule has 1 heterocycles. The van der Waals surface area contributed by atoms with E-state index in [2.05, 4.69) is 10.6 Å². The number of nitrogens with one attached hydrogen (secondary N) is 2. The Bertz CT molecular complexity index is 231. The summed E-state index contributed by atoms with van der Waals surface area (Å²) in [5, 5.41) is 15.5. The molecule has 0 bridgehead atoms. The summed E-state index contributed by atoms with van der Waals surface area (Å²) in [6.07, 6.45) is 1.00. The van der Waals surface area contributed by atoms with Gasteiger partial charge in [-0.2, -0.15) is 11.8 Å². The minimum Gasteiger partial charge on any atom is -0.393 e. The topological polar surface area (TPSA) is 61.4 Å². The van der Waals surface area contributed by atoms with E-state index in [1.165, 1.54) is 0 Å². The Morgan fingerprint density at radius 3 is 2.94 bits per heavy atom. The minimum atomic E-state index is -0.293. The number of hydrogen-bond donors (Lipinski definition) is 3. The van der Waals surface area contributed by atoms with Crippen LogP contribution in [-0.4, -0.2) is 47.8 Å². The third-order valence-electron chi connectivity index (χ3n) is 2.82. The van der Waals surface area contributed by atoms with Crippen LogP contribution in [-0.2, 0) is 4.79 Å². The van der Waals surface area contributed by atoms with Crippen LogP contribution in [0.1, 0.15) is 26.7 Å². The van der Waals surface area contributed by atoms with Gasteiger partial charge >= 0.3 is 0 Å². The summed E-state index contributed by atoms with van der Waals surface area (Å²) in [4.78, 5) is 11.7. The fourth-order valence-electron chi connectivity index (χ4n) is 2.00. The molecule has 3 N–H and O–H groups in total. The first-order chi connectivity index (χ1) is 8.08. The first-order valence-electron chi connectivity index (χ1n) is 6.33. The second-order valence-corrected chi connectivity index (χ2v) is 6.07. The molecule has 0 aromatic carbocycles. The van der Waals surface area contributed by atoms with Gasteiger partial charge in [-0.3, -0.25) is 4.79 Å². The highest BCUT2D eigenvalue weighted by atomic mass is 32.2. The van der Waals surface area contributed by atoms with Gasteiger partial charge in [0.15, 0.2) is 0 Å². The van der Waals surface area contributed by atoms with Gasteiger partial charge in [-0.15, -0.1) is 0 Å². The van der Waals surface area contributed by atoms with Crippen molar-refractivity contribution in [2.24, 2.45) is 5.92 Å². The Labute approximate surface area is 108 Å². The zero-order valence-electron chi connectivity index (χ0n) is 10.7. The number of carbonyl (C=O) groups excluding carboxylic acids is 1. The highest BCUT2D eigenvalue weighted by Crippen LogP contribution is 2.10. The fraction of sp³-hybridized carbons (Fsp3) is 0.917. The van der Waals surface area contributed by atoms with Crippen LogP contribution in [0.15, 0.2) is 0 Å². The Hall–Kier alpha value is -0.260. The van der Waals surface area contributed by atoms with Crippen LogP contribution in [0.25, 0.3) is 0 Å². The zero-order valence-corrected chi connectivity index (χ0v) is 11.6. The van der Waals surface area contributed by atoms with Crippen molar-refractivity contribution in [1.29, 1.82) is 0 Å². The van der Waals surface area contributed by atoms with Gasteiger partial charge in [0.25, 0.3) is 0 Å². The first-order valence-corrected chi connectivity index (χ1v) is 7.49. The molecule has 0 saturated carbocycles. The minimum absolute atomic E-state index is 0.113. The van der Waals surface area contributed by atoms with Crippen molar-refractivity contribution in [1.82, 2.24) is 10.6 Å². The van der Waals surface area contributed by atoms with Crippen molar-refractivity contribution in [3.8, 4) is 0 Å². The molecular formula is C12H24N2O2S. The molecular weight excluding hydrogens is 236 g/mol. The second kappa shape index (κ2) is 7.95. The summed E-state index contributed by atoms with van der Waals surface area (Å²) in [7, 11) is 0. The van der Waals surface area contributed by atoms with E-state index < -0.39 is 0 Å². The maximum Gasteiger partial charge on any atom is 0.221 e. The monoisotopic (exact) mass is 260 g/mol. The quantitative estimate of drug-likeness (QED) is 0.655. The van der Waals surface area contributed by atoms with Gasteiger partial charge < -0.3 is 15.7 Å². The number of hydrogen-bond acceptors (Lipinski definition) is 4. The summed E-state index contributed by atoms with van der Waals surface area (Å²) >= 11 is 1.90. The molecule has 3 atom stereocenters. The molecule has 1 amide bonds. The van der Waals surface area contributed by atoms with Crippen LogP contribution in [0.2, 0.25) is 0 Å². The lowest BCUT2D eigenvalue weighted by Gasteiger charge is -2.23. The number of thioether (sulfide) groups is 1. The van der Waals surface area contributed by atoms with Gasteiger partial charge in [-0.05, 0) is 19.3 Å². The molecule has 0 radical (unpaired) electrons. The van der Waals surface area contributed by atoms with Gasteiger partial charge in [0.1, 0.15) is 0 Å². The number of aliphatic hydroxyl groups is 1. The molecule has 0 aliphatic carbocycles. The van der Waals surface area contributed by atoms with Gasteiger partial charge in [0, 0.05) is 37.1 Å².